The summed E-state index contributed by atoms with van der Waals surface area (Å²) in [7, 11) is -6.91. The molecule has 1 N–H and O–H groups in total. The fourth-order valence-corrected chi connectivity index (χ4v) is 11.8. The van der Waals surface area contributed by atoms with E-state index in [1.54, 1.807) is 11.3 Å². The van der Waals surface area contributed by atoms with Gasteiger partial charge in [0.05, 0.1) is 35.4 Å². The van der Waals surface area contributed by atoms with E-state index in [4.69, 9.17) is 18.3 Å². The fourth-order valence-electron chi connectivity index (χ4n) is 7.02. The molecule has 0 bridgehead atoms. The number of carboxylic acids is 1. The van der Waals surface area contributed by atoms with Crippen molar-refractivity contribution in [1.29, 1.82) is 0 Å². The Labute approximate surface area is 386 Å². The Bertz CT molecular complexity index is 1810. The summed E-state index contributed by atoms with van der Waals surface area (Å²) in [5.41, 5.74) is 3.50. The standard InChI is InChI=1S/C51H89NO6SSi3/c1-36(30-31-43(56-60(16,17)48(5,6)7)38(3)32-41-35-59-39(4)52-41)26-25-27-37(2)46(58-62(20,21)50(11,12)13)42(33-40-28-23-22-24-29-40)47(55)51(14,15)44(34-45(53)54)57-61(18,19)49(8,9)10/h22-24,28-30,32,35,37,42-44,46H,25-27,31,33-34H2,1-21H3,(H,53,54)/b36-30+,38-32+/t37-,42+,43-,44-,46-/m0/s1. The summed E-state index contributed by atoms with van der Waals surface area (Å²) in [6, 6.07) is 10.2. The Kier molecular flexibility index (Phi) is 19.9. The third kappa shape index (κ3) is 16.2. The maximum Gasteiger partial charge on any atom is 0.305 e. The highest BCUT2D eigenvalue weighted by Crippen LogP contribution is 2.45. The predicted molar refractivity (Wildman–Crippen MR) is 273 cm³/mol. The van der Waals surface area contributed by atoms with Crippen LogP contribution < -0.4 is 0 Å². The zero-order chi connectivity index (χ0) is 47.9. The quantitative estimate of drug-likeness (QED) is 0.0876. The number of hydrogen-bond acceptors (Lipinski definition) is 7. The fraction of sp³-hybridized carbons (Fsp3) is 0.706. The van der Waals surface area contributed by atoms with Gasteiger partial charge in [0.2, 0.25) is 0 Å². The van der Waals surface area contributed by atoms with Gasteiger partial charge in [-0.2, -0.15) is 0 Å². The van der Waals surface area contributed by atoms with Crippen LogP contribution >= 0.6 is 11.3 Å². The van der Waals surface area contributed by atoms with E-state index in [1.807, 2.05) is 39.0 Å². The van der Waals surface area contributed by atoms with Crippen molar-refractivity contribution < 1.29 is 28.0 Å². The van der Waals surface area contributed by atoms with E-state index < -0.39 is 48.4 Å². The zero-order valence-electron chi connectivity index (χ0n) is 43.1. The summed E-state index contributed by atoms with van der Waals surface area (Å²) in [6.45, 7) is 46.1. The third-order valence-corrected chi connectivity index (χ3v) is 28.8. The van der Waals surface area contributed by atoms with Crippen molar-refractivity contribution in [3.8, 4) is 0 Å². The van der Waals surface area contributed by atoms with Crippen LogP contribution in [0.5, 0.6) is 0 Å². The minimum atomic E-state index is -2.45. The van der Waals surface area contributed by atoms with E-state index >= 15 is 4.79 Å². The number of carbonyl (C=O) groups excluding carboxylic acids is 1. The molecule has 1 heterocycles. The minimum Gasteiger partial charge on any atom is -0.481 e. The molecule has 2 aromatic rings. The molecule has 62 heavy (non-hydrogen) atoms. The van der Waals surface area contributed by atoms with Gasteiger partial charge in [-0.15, -0.1) is 11.3 Å². The van der Waals surface area contributed by atoms with Crippen LogP contribution in [-0.4, -0.2) is 65.1 Å². The molecule has 7 nitrogen and oxygen atoms in total. The number of allylic oxidation sites excluding steroid dienone is 1. The monoisotopic (exact) mass is 928 g/mol. The summed E-state index contributed by atoms with van der Waals surface area (Å²) in [6.07, 6.45) is 7.21. The second kappa shape index (κ2) is 22.0. The molecule has 11 heteroatoms. The number of ketones is 1. The molecule has 352 valence electrons. The SMILES string of the molecule is C/C(=C\C[C@H](O[Si](C)(C)C(C)(C)C)/C(C)=C/c1csc(C)n1)CCC[C@H](C)[C@H](O[Si](C)(C)C(C)(C)C)[C@@H](Cc1ccccc1)C(=O)C(C)(C)[C@H](CC(=O)O)O[Si](C)(C)C(C)(C)C. The maximum atomic E-state index is 15.5. The first kappa shape index (κ1) is 56.1. The Balaban J connectivity index is 2.56. The third-order valence-electron chi connectivity index (χ3n) is 14.5. The lowest BCUT2D eigenvalue weighted by molar-refractivity contribution is -0.146. The van der Waals surface area contributed by atoms with Gasteiger partial charge >= 0.3 is 5.97 Å². The van der Waals surface area contributed by atoms with Gasteiger partial charge in [0.25, 0.3) is 0 Å². The van der Waals surface area contributed by atoms with Crippen molar-refractivity contribution >= 4 is 54.1 Å². The second-order valence-electron chi connectivity index (χ2n) is 23.4. The van der Waals surface area contributed by atoms with E-state index in [1.165, 1.54) is 11.1 Å². The van der Waals surface area contributed by atoms with Gasteiger partial charge in [-0.3, -0.25) is 9.59 Å². The van der Waals surface area contributed by atoms with Crippen molar-refractivity contribution in [1.82, 2.24) is 4.98 Å². The Hall–Kier alpha value is -2.00. The van der Waals surface area contributed by atoms with E-state index in [0.29, 0.717) is 6.42 Å². The maximum absolute atomic E-state index is 15.5. The van der Waals surface area contributed by atoms with Gasteiger partial charge in [0.1, 0.15) is 5.78 Å². The average Bonchev–Trinajstić information content (AvgIpc) is 3.53. The minimum absolute atomic E-state index is 0.0157. The number of nitrogens with zero attached hydrogens (tertiary/aromatic N) is 1. The number of hydrogen-bond donors (Lipinski definition) is 1. The van der Waals surface area contributed by atoms with Crippen molar-refractivity contribution in [3.05, 3.63) is 69.2 Å². The lowest BCUT2D eigenvalue weighted by Crippen LogP contribution is -2.55. The Morgan fingerprint density at radius 2 is 1.32 bits per heavy atom. The lowest BCUT2D eigenvalue weighted by Gasteiger charge is -2.47. The molecule has 0 spiro atoms. The molecule has 2 rings (SSSR count). The van der Waals surface area contributed by atoms with Crippen LogP contribution in [0.2, 0.25) is 54.4 Å². The molecule has 0 saturated heterocycles. The van der Waals surface area contributed by atoms with E-state index in [0.717, 1.165) is 41.9 Å². The smallest absolute Gasteiger partial charge is 0.305 e. The van der Waals surface area contributed by atoms with Crippen LogP contribution in [0.1, 0.15) is 145 Å². The van der Waals surface area contributed by atoms with E-state index in [-0.39, 0.29) is 45.4 Å². The van der Waals surface area contributed by atoms with Crippen LogP contribution in [0.4, 0.5) is 0 Å². The molecule has 0 aliphatic carbocycles. The van der Waals surface area contributed by atoms with Crippen molar-refractivity contribution in [2.45, 2.75) is 215 Å². The van der Waals surface area contributed by atoms with Gasteiger partial charge in [-0.25, -0.2) is 4.98 Å². The Morgan fingerprint density at radius 3 is 1.81 bits per heavy atom. The summed E-state index contributed by atoms with van der Waals surface area (Å²) in [5.74, 6) is -1.39. The van der Waals surface area contributed by atoms with Crippen molar-refractivity contribution in [3.63, 3.8) is 0 Å². The molecule has 0 fully saturated rings. The molecule has 1 aromatic heterocycles. The zero-order valence-corrected chi connectivity index (χ0v) is 46.9. The van der Waals surface area contributed by atoms with Gasteiger partial charge in [0, 0.05) is 16.7 Å². The van der Waals surface area contributed by atoms with Crippen LogP contribution in [0.25, 0.3) is 6.08 Å². The molecule has 0 aliphatic heterocycles. The number of aryl methyl sites for hydroxylation is 1. The molecule has 1 aromatic carbocycles. The Morgan fingerprint density at radius 1 is 0.806 bits per heavy atom. The molecular weight excluding hydrogens is 839 g/mol. The predicted octanol–water partition coefficient (Wildman–Crippen LogP) is 15.1. The van der Waals surface area contributed by atoms with Crippen molar-refractivity contribution in [2.24, 2.45) is 17.3 Å². The summed E-state index contributed by atoms with van der Waals surface area (Å²) < 4.78 is 21.4. The van der Waals surface area contributed by atoms with Gasteiger partial charge in [0.15, 0.2) is 25.0 Å². The first-order valence-corrected chi connectivity index (χ1v) is 32.7. The molecular formula is C51H89NO6SSi3. The molecule has 0 aliphatic rings. The number of Topliss-reactive ketones (excluding diaryl/α,β-unsaturated/α-hetero) is 1. The number of thiazole rings is 1. The van der Waals surface area contributed by atoms with Gasteiger partial charge < -0.3 is 18.4 Å². The molecule has 0 saturated carbocycles. The largest absolute Gasteiger partial charge is 0.481 e. The first-order chi connectivity index (χ1) is 28.0. The van der Waals surface area contributed by atoms with E-state index in [9.17, 15) is 9.90 Å². The first-order valence-electron chi connectivity index (χ1n) is 23.1. The van der Waals surface area contributed by atoms with Crippen LogP contribution in [-0.2, 0) is 29.3 Å². The average molecular weight is 929 g/mol. The number of rotatable bonds is 23. The number of benzene rings is 1. The number of aliphatic carboxylic acids is 1. The van der Waals surface area contributed by atoms with E-state index in [2.05, 4.69) is 152 Å². The summed E-state index contributed by atoms with van der Waals surface area (Å²) >= 11 is 1.67. The molecule has 0 amide bonds. The van der Waals surface area contributed by atoms with Crippen LogP contribution in [0.15, 0.2) is 52.9 Å². The normalized spacial score (nSPS) is 16.8. The second-order valence-corrected chi connectivity index (χ2v) is 38.7. The highest BCUT2D eigenvalue weighted by atomic mass is 32.1. The molecule has 0 radical (unpaired) electrons. The summed E-state index contributed by atoms with van der Waals surface area (Å²) in [4.78, 5) is 32.7. The summed E-state index contributed by atoms with van der Waals surface area (Å²) in [5, 5.41) is 13.2. The van der Waals surface area contributed by atoms with Crippen molar-refractivity contribution in [2.75, 3.05) is 0 Å². The number of carbonyl (C=O) groups is 2. The highest BCUT2D eigenvalue weighted by molar-refractivity contribution is 7.09. The topological polar surface area (TPSA) is 95.0 Å². The number of carboxylic acid groups (broad SMARTS) is 1. The highest BCUT2D eigenvalue weighted by Gasteiger charge is 2.51. The molecule has 5 atom stereocenters. The number of aromatic nitrogens is 1. The van der Waals surface area contributed by atoms with Gasteiger partial charge in [-0.05, 0) is 130 Å². The van der Waals surface area contributed by atoms with Crippen LogP contribution in [0.3, 0.4) is 0 Å². The van der Waals surface area contributed by atoms with Crippen LogP contribution in [0, 0.1) is 24.2 Å². The van der Waals surface area contributed by atoms with Gasteiger partial charge in [-0.1, -0.05) is 125 Å². The lowest BCUT2D eigenvalue weighted by atomic mass is 9.70. The molecule has 0 unspecified atom stereocenters.